The van der Waals surface area contributed by atoms with Gasteiger partial charge in [-0.05, 0) is 89.6 Å². The minimum atomic E-state index is 0.0502. The summed E-state index contributed by atoms with van der Waals surface area (Å²) in [5.41, 5.74) is 4.76. The standard InChI is InChI=1S/C24H36N4O.C8H12O.C2H6/c1-6-21-20(11-12-23(27-21)26-14-13-25-5)22(7-2)28-24(29)10-8-9-19-15-17(3)18(4)16-19;1-7(2)5-4-6-8(3)9;1-2/h6-7,11-12,18-19,25H,1,3,8-10,13-16H2,2,4-5H3,(H,26,27)(H,28,29);4-6,9H,1H2,2-3H3;1-2H3/b22-7+;5-4-,8-6+;. The first kappa shape index (κ1) is 36.6. The van der Waals surface area contributed by atoms with Gasteiger partial charge in [-0.2, -0.15) is 0 Å². The Labute approximate surface area is 244 Å². The molecule has 1 saturated carbocycles. The molecule has 1 aromatic heterocycles. The predicted octanol–water partition coefficient (Wildman–Crippen LogP) is 8.21. The molecule has 40 heavy (non-hydrogen) atoms. The average Bonchev–Trinajstić information content (AvgIpc) is 3.25. The number of pyridine rings is 1. The molecule has 0 saturated heterocycles. The van der Waals surface area contributed by atoms with Crippen molar-refractivity contribution in [3.63, 3.8) is 0 Å². The quantitative estimate of drug-likeness (QED) is 0.0860. The van der Waals surface area contributed by atoms with Crippen LogP contribution in [0.25, 0.3) is 11.8 Å². The molecule has 1 aliphatic carbocycles. The Kier molecular flexibility index (Phi) is 19.6. The minimum Gasteiger partial charge on any atom is -0.513 e. The average molecular weight is 551 g/mol. The fourth-order valence-corrected chi connectivity index (χ4v) is 4.22. The number of aliphatic hydroxyl groups excluding tert-OH is 1. The Morgan fingerprint density at radius 3 is 2.45 bits per heavy atom. The molecule has 222 valence electrons. The maximum atomic E-state index is 12.5. The molecule has 6 heteroatoms. The van der Waals surface area contributed by atoms with Crippen LogP contribution in [0.3, 0.4) is 0 Å². The zero-order valence-corrected chi connectivity index (χ0v) is 26.1. The van der Waals surface area contributed by atoms with Crippen molar-refractivity contribution in [2.45, 2.75) is 73.6 Å². The number of hydrogen-bond acceptors (Lipinski definition) is 5. The van der Waals surface area contributed by atoms with Crippen LogP contribution in [0.2, 0.25) is 0 Å². The van der Waals surface area contributed by atoms with Crippen molar-refractivity contribution >= 4 is 23.5 Å². The largest absolute Gasteiger partial charge is 0.513 e. The van der Waals surface area contributed by atoms with Crippen LogP contribution in [0.1, 0.15) is 84.9 Å². The lowest BCUT2D eigenvalue weighted by atomic mass is 9.99. The van der Waals surface area contributed by atoms with E-state index in [1.54, 1.807) is 25.2 Å². The summed E-state index contributed by atoms with van der Waals surface area (Å²) in [5.74, 6) is 2.48. The monoisotopic (exact) mass is 550 g/mol. The third-order valence-electron chi connectivity index (χ3n) is 6.32. The molecule has 0 bridgehead atoms. The number of nitrogens with zero attached hydrogens (tertiary/aromatic N) is 1. The summed E-state index contributed by atoms with van der Waals surface area (Å²) >= 11 is 0. The molecule has 1 aromatic rings. The van der Waals surface area contributed by atoms with Crippen molar-refractivity contribution in [2.75, 3.05) is 25.5 Å². The van der Waals surface area contributed by atoms with Crippen molar-refractivity contribution in [3.05, 3.63) is 84.3 Å². The van der Waals surface area contributed by atoms with Gasteiger partial charge in [-0.1, -0.05) is 69.9 Å². The zero-order chi connectivity index (χ0) is 30.5. The van der Waals surface area contributed by atoms with Crippen LogP contribution in [0.5, 0.6) is 0 Å². The van der Waals surface area contributed by atoms with Gasteiger partial charge in [0.15, 0.2) is 0 Å². The molecule has 2 atom stereocenters. The fourth-order valence-electron chi connectivity index (χ4n) is 4.22. The van der Waals surface area contributed by atoms with Crippen LogP contribution >= 0.6 is 0 Å². The third-order valence-corrected chi connectivity index (χ3v) is 6.32. The first-order valence-electron chi connectivity index (χ1n) is 14.5. The Morgan fingerprint density at radius 1 is 1.23 bits per heavy atom. The molecule has 0 aliphatic heterocycles. The van der Waals surface area contributed by atoms with Gasteiger partial charge < -0.3 is 21.1 Å². The molecule has 1 amide bonds. The summed E-state index contributed by atoms with van der Waals surface area (Å²) in [7, 11) is 1.92. The van der Waals surface area contributed by atoms with Crippen molar-refractivity contribution in [3.8, 4) is 0 Å². The molecule has 1 aliphatic rings. The van der Waals surface area contributed by atoms with E-state index in [1.807, 2.05) is 59.0 Å². The van der Waals surface area contributed by atoms with E-state index in [4.69, 9.17) is 5.11 Å². The highest BCUT2D eigenvalue weighted by Gasteiger charge is 2.24. The normalized spacial score (nSPS) is 16.9. The second-order valence-electron chi connectivity index (χ2n) is 9.89. The molecule has 4 N–H and O–H groups in total. The fraction of sp³-hybridized carbons (Fsp3) is 0.471. The number of carbonyl (C=O) groups is 1. The van der Waals surface area contributed by atoms with Gasteiger partial charge in [0.2, 0.25) is 5.91 Å². The molecule has 6 nitrogen and oxygen atoms in total. The third kappa shape index (κ3) is 15.3. The molecule has 2 rings (SSSR count). The molecular weight excluding hydrogens is 496 g/mol. The second-order valence-corrected chi connectivity index (χ2v) is 9.89. The summed E-state index contributed by atoms with van der Waals surface area (Å²) in [4.78, 5) is 17.1. The highest BCUT2D eigenvalue weighted by Crippen LogP contribution is 2.37. The molecule has 1 heterocycles. The highest BCUT2D eigenvalue weighted by atomic mass is 16.3. The van der Waals surface area contributed by atoms with Crippen LogP contribution < -0.4 is 16.0 Å². The smallest absolute Gasteiger partial charge is 0.224 e. The Morgan fingerprint density at radius 2 is 1.93 bits per heavy atom. The topological polar surface area (TPSA) is 86.3 Å². The maximum absolute atomic E-state index is 12.5. The number of aliphatic hydroxyl groups is 1. The van der Waals surface area contributed by atoms with E-state index in [0.29, 0.717) is 24.0 Å². The van der Waals surface area contributed by atoms with Gasteiger partial charge in [0.25, 0.3) is 0 Å². The van der Waals surface area contributed by atoms with Crippen molar-refractivity contribution in [1.29, 1.82) is 0 Å². The maximum Gasteiger partial charge on any atom is 0.224 e. The van der Waals surface area contributed by atoms with E-state index in [1.165, 1.54) is 12.0 Å². The van der Waals surface area contributed by atoms with Gasteiger partial charge in [-0.15, -0.1) is 0 Å². The second kappa shape index (κ2) is 21.4. The summed E-state index contributed by atoms with van der Waals surface area (Å²) in [5, 5.41) is 18.1. The lowest BCUT2D eigenvalue weighted by Gasteiger charge is -2.14. The summed E-state index contributed by atoms with van der Waals surface area (Å²) in [6.07, 6.45) is 13.7. The van der Waals surface area contributed by atoms with Gasteiger partial charge in [0, 0.05) is 30.8 Å². The number of amides is 1. The van der Waals surface area contributed by atoms with Crippen LogP contribution in [0, 0.1) is 11.8 Å². The van der Waals surface area contributed by atoms with Crippen LogP contribution in [0.15, 0.2) is 73.1 Å². The molecule has 0 radical (unpaired) electrons. The molecule has 0 aromatic carbocycles. The van der Waals surface area contributed by atoms with Crippen molar-refractivity contribution in [2.24, 2.45) is 11.8 Å². The zero-order valence-electron chi connectivity index (χ0n) is 26.1. The molecular formula is C34H54N4O2. The number of anilines is 1. The lowest BCUT2D eigenvalue weighted by Crippen LogP contribution is -2.22. The van der Waals surface area contributed by atoms with Crippen molar-refractivity contribution in [1.82, 2.24) is 15.6 Å². The minimum absolute atomic E-state index is 0.0502. The number of aromatic nitrogens is 1. The number of carbonyl (C=O) groups excluding carboxylic acids is 1. The summed E-state index contributed by atoms with van der Waals surface area (Å²) in [6.45, 7) is 25.0. The van der Waals surface area contributed by atoms with E-state index in [2.05, 4.69) is 47.6 Å². The van der Waals surface area contributed by atoms with Gasteiger partial charge in [-0.3, -0.25) is 4.79 Å². The lowest BCUT2D eigenvalue weighted by molar-refractivity contribution is -0.120. The van der Waals surface area contributed by atoms with Crippen LogP contribution in [0.4, 0.5) is 5.82 Å². The Balaban J connectivity index is 0.00000117. The number of nitrogens with one attached hydrogen (secondary N) is 3. The van der Waals surface area contributed by atoms with Crippen LogP contribution in [-0.2, 0) is 4.79 Å². The van der Waals surface area contributed by atoms with Gasteiger partial charge >= 0.3 is 0 Å². The summed E-state index contributed by atoms with van der Waals surface area (Å²) < 4.78 is 0. The van der Waals surface area contributed by atoms with E-state index < -0.39 is 0 Å². The Bertz CT molecular complexity index is 1030. The summed E-state index contributed by atoms with van der Waals surface area (Å²) in [6, 6.07) is 3.91. The van der Waals surface area contributed by atoms with E-state index >= 15 is 0 Å². The van der Waals surface area contributed by atoms with E-state index in [-0.39, 0.29) is 5.91 Å². The highest BCUT2D eigenvalue weighted by molar-refractivity contribution is 5.88. The van der Waals surface area contributed by atoms with Gasteiger partial charge in [-0.25, -0.2) is 4.98 Å². The predicted molar refractivity (Wildman–Crippen MR) is 175 cm³/mol. The molecule has 2 unspecified atom stereocenters. The number of hydrogen-bond donors (Lipinski definition) is 4. The van der Waals surface area contributed by atoms with Gasteiger partial charge in [0.1, 0.15) is 5.82 Å². The van der Waals surface area contributed by atoms with Crippen molar-refractivity contribution < 1.29 is 9.90 Å². The van der Waals surface area contributed by atoms with E-state index in [0.717, 1.165) is 60.7 Å². The first-order chi connectivity index (χ1) is 19.1. The molecule has 0 spiro atoms. The van der Waals surface area contributed by atoms with E-state index in [9.17, 15) is 4.79 Å². The number of rotatable bonds is 13. The molecule has 1 fully saturated rings. The number of likely N-dealkylation sites (N-methyl/N-ethyl adjacent to an activating group) is 1. The first-order valence-corrected chi connectivity index (χ1v) is 14.5. The number of allylic oxidation sites excluding steroid dienone is 7. The SMILES string of the molecule is C=C(C)/C=C\C=C(/C)O.C=Cc1nc(NCCNC)ccc1/C(=C\C)NC(=O)CCCC1CC(=C)C(C)C1.CC. The van der Waals surface area contributed by atoms with Crippen LogP contribution in [-0.4, -0.2) is 36.1 Å². The Hall–Kier alpha value is -3.38. The van der Waals surface area contributed by atoms with Gasteiger partial charge in [0.05, 0.1) is 11.5 Å².